The molecule has 1 aromatic carbocycles. The number of halogens is 3. The highest BCUT2D eigenvalue weighted by molar-refractivity contribution is 6.03. The number of carbonyl (C=O) groups excluding carboxylic acids is 1. The molecule has 8 nitrogen and oxygen atoms in total. The molecule has 0 aliphatic heterocycles. The first-order chi connectivity index (χ1) is 16.8. The molecule has 11 heteroatoms. The quantitative estimate of drug-likeness (QED) is 0.492. The van der Waals surface area contributed by atoms with Gasteiger partial charge in [-0.3, -0.25) is 10.2 Å². The Labute approximate surface area is 200 Å². The number of benzene rings is 1. The maximum Gasteiger partial charge on any atom is 0.416 e. The summed E-state index contributed by atoms with van der Waals surface area (Å²) in [5.41, 5.74) is 6.24. The van der Waals surface area contributed by atoms with Gasteiger partial charge < -0.3 is 10.5 Å². The van der Waals surface area contributed by atoms with Crippen LogP contribution in [0.4, 0.5) is 35.3 Å². The van der Waals surface area contributed by atoms with E-state index in [9.17, 15) is 18.0 Å². The van der Waals surface area contributed by atoms with Gasteiger partial charge in [-0.15, -0.1) is 0 Å². The first-order valence-electron chi connectivity index (χ1n) is 11.2. The summed E-state index contributed by atoms with van der Waals surface area (Å²) >= 11 is 0. The van der Waals surface area contributed by atoms with E-state index in [1.807, 2.05) is 0 Å². The van der Waals surface area contributed by atoms with Crippen LogP contribution in [0.3, 0.4) is 0 Å². The van der Waals surface area contributed by atoms with Crippen LogP contribution in [0.2, 0.25) is 0 Å². The first-order valence-corrected chi connectivity index (χ1v) is 11.2. The molecule has 1 aliphatic rings. The number of aromatic nitrogens is 3. The number of alkyl halides is 3. The molecule has 3 aromatic rings. The summed E-state index contributed by atoms with van der Waals surface area (Å²) in [4.78, 5) is 27.5. The van der Waals surface area contributed by atoms with E-state index in [2.05, 4.69) is 20.3 Å². The van der Waals surface area contributed by atoms with E-state index in [-0.39, 0.29) is 40.5 Å². The predicted octanol–water partition coefficient (Wildman–Crippen LogP) is 5.52. The van der Waals surface area contributed by atoms with E-state index < -0.39 is 17.8 Å². The molecular weight excluding hydrogens is 461 g/mol. The zero-order chi connectivity index (χ0) is 25.0. The highest BCUT2D eigenvalue weighted by atomic mass is 19.4. The Kier molecular flexibility index (Phi) is 7.04. The third kappa shape index (κ3) is 5.61. The number of hydrogen-bond donors (Lipinski definition) is 2. The normalized spacial score (nSPS) is 14.4. The third-order valence-corrected chi connectivity index (χ3v) is 5.86. The van der Waals surface area contributed by atoms with Crippen molar-refractivity contribution < 1.29 is 22.7 Å². The van der Waals surface area contributed by atoms with Crippen molar-refractivity contribution in [1.29, 1.82) is 0 Å². The number of carbonyl (C=O) groups is 1. The number of nitrogens with zero attached hydrogens (tertiary/aromatic N) is 4. The van der Waals surface area contributed by atoms with E-state index in [1.54, 1.807) is 12.1 Å². The van der Waals surface area contributed by atoms with Crippen LogP contribution in [0.1, 0.15) is 37.7 Å². The van der Waals surface area contributed by atoms with Gasteiger partial charge in [0.15, 0.2) is 5.82 Å². The van der Waals surface area contributed by atoms with Crippen LogP contribution < -0.4 is 20.7 Å². The van der Waals surface area contributed by atoms with Crippen molar-refractivity contribution in [3.63, 3.8) is 0 Å². The molecule has 0 spiro atoms. The topological polar surface area (TPSA) is 106 Å². The first kappa shape index (κ1) is 24.2. The number of urea groups is 1. The van der Waals surface area contributed by atoms with Gasteiger partial charge in [0, 0.05) is 17.7 Å². The predicted molar refractivity (Wildman–Crippen MR) is 126 cm³/mol. The highest BCUT2D eigenvalue weighted by Crippen LogP contribution is 2.35. The fraction of sp³-hybridized carbons (Fsp3) is 0.333. The number of nitrogens with one attached hydrogen (secondary N) is 1. The smallest absolute Gasteiger partial charge is 0.416 e. The monoisotopic (exact) mass is 486 g/mol. The van der Waals surface area contributed by atoms with E-state index >= 15 is 0 Å². The Balaban J connectivity index is 1.72. The molecule has 2 heterocycles. The summed E-state index contributed by atoms with van der Waals surface area (Å²) in [6, 6.07) is 8.78. The average Bonchev–Trinajstić information content (AvgIpc) is 2.85. The Morgan fingerprint density at radius 1 is 1.11 bits per heavy atom. The van der Waals surface area contributed by atoms with Gasteiger partial charge in [0.25, 0.3) is 0 Å². The molecular formula is C24H25F3N6O2. The summed E-state index contributed by atoms with van der Waals surface area (Å²) in [5.74, 6) is 0.698. The number of nitrogen functional groups attached to an aromatic ring is 1. The molecule has 1 aliphatic carbocycles. The number of anilines is 3. The van der Waals surface area contributed by atoms with Gasteiger partial charge in [0.1, 0.15) is 12.1 Å². The number of rotatable bonds is 5. The van der Waals surface area contributed by atoms with Crippen LogP contribution in [0.15, 0.2) is 48.8 Å². The van der Waals surface area contributed by atoms with E-state index in [1.165, 1.54) is 36.5 Å². The lowest BCUT2D eigenvalue weighted by Gasteiger charge is -2.34. The largest absolute Gasteiger partial charge is 0.481 e. The zero-order valence-corrected chi connectivity index (χ0v) is 19.0. The van der Waals surface area contributed by atoms with E-state index in [4.69, 9.17) is 10.5 Å². The lowest BCUT2D eigenvalue weighted by atomic mass is 9.94. The molecule has 2 aromatic heterocycles. The second-order valence-corrected chi connectivity index (χ2v) is 8.23. The van der Waals surface area contributed by atoms with Crippen LogP contribution >= 0.6 is 0 Å². The molecule has 0 atom stereocenters. The number of ether oxygens (including phenoxy) is 1. The van der Waals surface area contributed by atoms with Crippen LogP contribution in [0.25, 0.3) is 11.3 Å². The molecule has 1 fully saturated rings. The molecule has 0 radical (unpaired) electrons. The molecule has 2 amide bonds. The summed E-state index contributed by atoms with van der Waals surface area (Å²) in [6.45, 7) is 0. The standard InChI is InChI=1S/C24H25F3N6O2/c1-35-21-13-20(29-14-30-21)32-23(34)33(17-8-3-2-4-9-17)22-18(28)10-11-19(31-22)15-6-5-7-16(12-15)24(25,26)27/h5-7,10-14,17H,2-4,8-9,28H2,1H3,(H,29,30,32,34). The molecule has 35 heavy (non-hydrogen) atoms. The number of amides is 2. The molecule has 184 valence electrons. The van der Waals surface area contributed by atoms with Crippen molar-refractivity contribution in [2.24, 2.45) is 0 Å². The molecule has 4 rings (SSSR count). The van der Waals surface area contributed by atoms with Crippen molar-refractivity contribution in [2.45, 2.75) is 44.3 Å². The SMILES string of the molecule is COc1cc(NC(=O)N(c2nc(-c3cccc(C(F)(F)F)c3)ccc2N)C2CCCCC2)ncn1. The molecule has 1 saturated carbocycles. The fourth-order valence-electron chi connectivity index (χ4n) is 4.13. The minimum atomic E-state index is -4.49. The van der Waals surface area contributed by atoms with Gasteiger partial charge in [-0.25, -0.2) is 19.7 Å². The number of pyridine rings is 1. The van der Waals surface area contributed by atoms with Gasteiger partial charge in [-0.05, 0) is 37.1 Å². The number of hydrogen-bond acceptors (Lipinski definition) is 6. The maximum absolute atomic E-state index is 13.5. The summed E-state index contributed by atoms with van der Waals surface area (Å²) in [7, 11) is 1.45. The summed E-state index contributed by atoms with van der Waals surface area (Å²) < 4.78 is 44.8. The van der Waals surface area contributed by atoms with Crippen molar-refractivity contribution in [3.8, 4) is 17.1 Å². The Morgan fingerprint density at radius 2 is 1.89 bits per heavy atom. The summed E-state index contributed by atoms with van der Waals surface area (Å²) in [6.07, 6.45) is 1.19. The van der Waals surface area contributed by atoms with Crippen molar-refractivity contribution >= 4 is 23.4 Å². The Morgan fingerprint density at radius 3 is 2.60 bits per heavy atom. The van der Waals surface area contributed by atoms with Crippen molar-refractivity contribution in [3.05, 3.63) is 54.4 Å². The Hall–Kier alpha value is -3.89. The van der Waals surface area contributed by atoms with Crippen molar-refractivity contribution in [1.82, 2.24) is 15.0 Å². The van der Waals surface area contributed by atoms with Gasteiger partial charge >= 0.3 is 12.2 Å². The molecule has 3 N–H and O–H groups in total. The van der Waals surface area contributed by atoms with Gasteiger partial charge in [-0.1, -0.05) is 31.4 Å². The van der Waals surface area contributed by atoms with Crippen molar-refractivity contribution in [2.75, 3.05) is 23.1 Å². The lowest BCUT2D eigenvalue weighted by molar-refractivity contribution is -0.137. The minimum Gasteiger partial charge on any atom is -0.481 e. The van der Waals surface area contributed by atoms with E-state index in [0.717, 1.165) is 44.2 Å². The fourth-order valence-corrected chi connectivity index (χ4v) is 4.13. The third-order valence-electron chi connectivity index (χ3n) is 5.86. The van der Waals surface area contributed by atoms with Crippen LogP contribution in [0, 0.1) is 0 Å². The highest BCUT2D eigenvalue weighted by Gasteiger charge is 2.32. The van der Waals surface area contributed by atoms with Crippen LogP contribution in [-0.2, 0) is 6.18 Å². The van der Waals surface area contributed by atoms with Crippen LogP contribution in [-0.4, -0.2) is 34.1 Å². The van der Waals surface area contributed by atoms with Gasteiger partial charge in [-0.2, -0.15) is 13.2 Å². The molecule has 0 bridgehead atoms. The molecule has 0 unspecified atom stereocenters. The lowest BCUT2D eigenvalue weighted by Crippen LogP contribution is -2.45. The summed E-state index contributed by atoms with van der Waals surface area (Å²) in [5, 5.41) is 2.74. The number of nitrogens with two attached hydrogens (primary N) is 1. The molecule has 0 saturated heterocycles. The number of methoxy groups -OCH3 is 1. The second kappa shape index (κ2) is 10.2. The zero-order valence-electron chi connectivity index (χ0n) is 19.0. The average molecular weight is 486 g/mol. The minimum absolute atomic E-state index is 0.181. The van der Waals surface area contributed by atoms with Gasteiger partial charge in [0.2, 0.25) is 5.88 Å². The Bertz CT molecular complexity index is 1200. The maximum atomic E-state index is 13.5. The second-order valence-electron chi connectivity index (χ2n) is 8.23. The van der Waals surface area contributed by atoms with Gasteiger partial charge in [0.05, 0.1) is 24.1 Å². The van der Waals surface area contributed by atoms with Crippen LogP contribution in [0.5, 0.6) is 5.88 Å². The van der Waals surface area contributed by atoms with E-state index in [0.29, 0.717) is 0 Å².